The molecule has 7 heteroatoms. The lowest BCUT2D eigenvalue weighted by molar-refractivity contribution is -0.121. The van der Waals surface area contributed by atoms with Crippen LogP contribution in [0.4, 0.5) is 4.39 Å². The van der Waals surface area contributed by atoms with Crippen molar-refractivity contribution in [1.82, 2.24) is 20.3 Å². The highest BCUT2D eigenvalue weighted by Gasteiger charge is 2.14. The number of rotatable bonds is 4. The van der Waals surface area contributed by atoms with Crippen LogP contribution in [-0.2, 0) is 11.2 Å². The van der Waals surface area contributed by atoms with E-state index in [-0.39, 0.29) is 23.5 Å². The number of hydrogen-bond donors (Lipinski definition) is 2. The molecule has 0 radical (unpaired) electrons. The van der Waals surface area contributed by atoms with Crippen molar-refractivity contribution in [3.63, 3.8) is 0 Å². The Bertz CT molecular complexity index is 1070. The number of H-pyrrole nitrogens is 1. The zero-order valence-corrected chi connectivity index (χ0v) is 13.9. The molecule has 0 saturated heterocycles. The minimum Gasteiger partial charge on any atom is -0.348 e. The molecule has 3 rings (SSSR count). The van der Waals surface area contributed by atoms with E-state index in [1.165, 1.54) is 36.7 Å². The number of aromatic amines is 1. The third-order valence-corrected chi connectivity index (χ3v) is 3.88. The topological polar surface area (TPSA) is 87.7 Å². The predicted molar refractivity (Wildman–Crippen MR) is 94.8 cm³/mol. The molecule has 2 heterocycles. The van der Waals surface area contributed by atoms with Gasteiger partial charge in [0.05, 0.1) is 30.6 Å². The first-order valence-corrected chi connectivity index (χ1v) is 7.85. The molecule has 26 heavy (non-hydrogen) atoms. The van der Waals surface area contributed by atoms with Crippen LogP contribution in [0.1, 0.15) is 29.9 Å². The average Bonchev–Trinajstić information content (AvgIpc) is 2.62. The lowest BCUT2D eigenvalue weighted by Crippen LogP contribution is -2.30. The summed E-state index contributed by atoms with van der Waals surface area (Å²) in [6, 6.07) is 5.16. The zero-order chi connectivity index (χ0) is 18.7. The van der Waals surface area contributed by atoms with Crippen molar-refractivity contribution < 1.29 is 9.18 Å². The fourth-order valence-corrected chi connectivity index (χ4v) is 2.53. The van der Waals surface area contributed by atoms with Gasteiger partial charge in [0, 0.05) is 16.5 Å². The Kier molecular flexibility index (Phi) is 4.76. The molecule has 1 atom stereocenters. The Hall–Kier alpha value is -3.53. The SMILES string of the molecule is C#Cc1cnc([C@H](C)NC(=O)Cc2cc3cc(F)ccc3[nH]c2=O)cn1. The first-order valence-electron chi connectivity index (χ1n) is 7.85. The minimum absolute atomic E-state index is 0.137. The van der Waals surface area contributed by atoms with E-state index < -0.39 is 11.9 Å². The van der Waals surface area contributed by atoms with Gasteiger partial charge in [0.25, 0.3) is 5.56 Å². The number of halogens is 1. The predicted octanol–water partition coefficient (Wildman–Crippen LogP) is 1.86. The van der Waals surface area contributed by atoms with Crippen LogP contribution < -0.4 is 10.9 Å². The molecule has 2 N–H and O–H groups in total. The second-order valence-corrected chi connectivity index (χ2v) is 5.79. The van der Waals surface area contributed by atoms with Crippen molar-refractivity contribution in [2.45, 2.75) is 19.4 Å². The highest BCUT2D eigenvalue weighted by Crippen LogP contribution is 2.13. The number of carbonyl (C=O) groups is 1. The molecule has 0 aliphatic carbocycles. The number of fused-ring (bicyclic) bond motifs is 1. The van der Waals surface area contributed by atoms with Crippen molar-refractivity contribution in [3.05, 3.63) is 69.8 Å². The first kappa shape index (κ1) is 17.3. The van der Waals surface area contributed by atoms with Gasteiger partial charge in [-0.3, -0.25) is 14.6 Å². The Morgan fingerprint density at radius 1 is 1.35 bits per heavy atom. The average molecular weight is 350 g/mol. The first-order chi connectivity index (χ1) is 12.5. The molecule has 0 aliphatic heterocycles. The maximum absolute atomic E-state index is 13.3. The van der Waals surface area contributed by atoms with Crippen LogP contribution in [-0.4, -0.2) is 20.9 Å². The summed E-state index contributed by atoms with van der Waals surface area (Å²) < 4.78 is 13.3. The third-order valence-electron chi connectivity index (χ3n) is 3.88. The van der Waals surface area contributed by atoms with Crippen LogP contribution >= 0.6 is 0 Å². The Labute approximate surface area is 148 Å². The van der Waals surface area contributed by atoms with Crippen LogP contribution in [0.2, 0.25) is 0 Å². The summed E-state index contributed by atoms with van der Waals surface area (Å²) in [5.41, 5.74) is 1.33. The monoisotopic (exact) mass is 350 g/mol. The lowest BCUT2D eigenvalue weighted by atomic mass is 10.1. The Balaban J connectivity index is 1.75. The van der Waals surface area contributed by atoms with E-state index in [9.17, 15) is 14.0 Å². The van der Waals surface area contributed by atoms with E-state index in [0.717, 1.165) is 0 Å². The molecule has 3 aromatic rings. The summed E-state index contributed by atoms with van der Waals surface area (Å²) in [6.45, 7) is 1.75. The van der Waals surface area contributed by atoms with Crippen molar-refractivity contribution in [2.24, 2.45) is 0 Å². The van der Waals surface area contributed by atoms with Gasteiger partial charge in [0.15, 0.2) is 0 Å². The molecule has 2 aromatic heterocycles. The van der Waals surface area contributed by atoms with Crippen LogP contribution in [0.5, 0.6) is 0 Å². The van der Waals surface area contributed by atoms with Crippen LogP contribution in [0.15, 0.2) is 41.5 Å². The summed E-state index contributed by atoms with van der Waals surface area (Å²) in [5, 5.41) is 3.27. The van der Waals surface area contributed by atoms with E-state index in [0.29, 0.717) is 22.3 Å². The minimum atomic E-state index is -0.414. The van der Waals surface area contributed by atoms with Crippen LogP contribution in [0, 0.1) is 18.2 Å². The standard InChI is InChI=1S/C19H15FN4O2/c1-3-15-9-22-17(10-21-15)11(2)23-18(25)8-13-6-12-7-14(20)4-5-16(12)24-19(13)26/h1,4-7,9-11H,8H2,2H3,(H,23,25)(H,24,26)/t11-/m0/s1. The fraction of sp³-hybridized carbons (Fsp3) is 0.158. The quantitative estimate of drug-likeness (QED) is 0.703. The number of terminal acetylenes is 1. The number of pyridine rings is 1. The summed E-state index contributed by atoms with van der Waals surface area (Å²) in [6.07, 6.45) is 8.03. The van der Waals surface area contributed by atoms with Crippen LogP contribution in [0.3, 0.4) is 0 Å². The normalized spacial score (nSPS) is 11.7. The second kappa shape index (κ2) is 7.15. The summed E-state index contributed by atoms with van der Waals surface area (Å²) in [4.78, 5) is 35.2. The highest BCUT2D eigenvalue weighted by molar-refractivity contribution is 5.82. The number of nitrogens with one attached hydrogen (secondary N) is 2. The molecule has 0 spiro atoms. The van der Waals surface area contributed by atoms with Gasteiger partial charge >= 0.3 is 0 Å². The van der Waals surface area contributed by atoms with Gasteiger partial charge in [-0.2, -0.15) is 0 Å². The number of hydrogen-bond acceptors (Lipinski definition) is 4. The van der Waals surface area contributed by atoms with E-state index >= 15 is 0 Å². The molecule has 1 amide bonds. The van der Waals surface area contributed by atoms with Crippen LogP contribution in [0.25, 0.3) is 10.9 Å². The van der Waals surface area contributed by atoms with Gasteiger partial charge < -0.3 is 10.3 Å². The molecule has 0 aliphatic rings. The van der Waals surface area contributed by atoms with Gasteiger partial charge in [-0.05, 0) is 37.1 Å². The van der Waals surface area contributed by atoms with Crippen molar-refractivity contribution in [2.75, 3.05) is 0 Å². The number of amides is 1. The number of aromatic nitrogens is 3. The zero-order valence-electron chi connectivity index (χ0n) is 13.9. The molecule has 130 valence electrons. The Morgan fingerprint density at radius 2 is 2.15 bits per heavy atom. The fourth-order valence-electron chi connectivity index (χ4n) is 2.53. The van der Waals surface area contributed by atoms with Gasteiger partial charge in [-0.25, -0.2) is 9.37 Å². The van der Waals surface area contributed by atoms with Crippen molar-refractivity contribution >= 4 is 16.8 Å². The molecule has 6 nitrogen and oxygen atoms in total. The highest BCUT2D eigenvalue weighted by atomic mass is 19.1. The molecule has 0 fully saturated rings. The molecule has 1 aromatic carbocycles. The summed E-state index contributed by atoms with van der Waals surface area (Å²) in [7, 11) is 0. The van der Waals surface area contributed by atoms with Gasteiger partial charge in [-0.15, -0.1) is 6.42 Å². The third kappa shape index (κ3) is 3.75. The lowest BCUT2D eigenvalue weighted by Gasteiger charge is -2.13. The maximum Gasteiger partial charge on any atom is 0.252 e. The molecule has 0 bridgehead atoms. The van der Waals surface area contributed by atoms with Crippen molar-refractivity contribution in [1.29, 1.82) is 0 Å². The second-order valence-electron chi connectivity index (χ2n) is 5.79. The Morgan fingerprint density at radius 3 is 2.85 bits per heavy atom. The van der Waals surface area contributed by atoms with E-state index in [4.69, 9.17) is 6.42 Å². The maximum atomic E-state index is 13.3. The smallest absolute Gasteiger partial charge is 0.252 e. The molecular formula is C19H15FN4O2. The van der Waals surface area contributed by atoms with Crippen molar-refractivity contribution in [3.8, 4) is 12.3 Å². The van der Waals surface area contributed by atoms with Gasteiger partial charge in [0.2, 0.25) is 5.91 Å². The van der Waals surface area contributed by atoms with Gasteiger partial charge in [0.1, 0.15) is 11.5 Å². The number of nitrogens with zero attached hydrogens (tertiary/aromatic N) is 2. The van der Waals surface area contributed by atoms with E-state index in [2.05, 4.69) is 26.2 Å². The molecular weight excluding hydrogens is 335 g/mol. The largest absolute Gasteiger partial charge is 0.348 e. The van der Waals surface area contributed by atoms with E-state index in [1.807, 2.05) is 0 Å². The molecule has 0 unspecified atom stereocenters. The summed E-state index contributed by atoms with van der Waals surface area (Å²) >= 11 is 0. The van der Waals surface area contributed by atoms with Gasteiger partial charge in [-0.1, -0.05) is 0 Å². The number of carbonyl (C=O) groups excluding carboxylic acids is 1. The molecule has 0 saturated carbocycles. The van der Waals surface area contributed by atoms with E-state index in [1.54, 1.807) is 6.92 Å². The number of benzene rings is 1. The summed E-state index contributed by atoms with van der Waals surface area (Å²) in [5.74, 6) is 1.59.